The van der Waals surface area contributed by atoms with Gasteiger partial charge in [0.15, 0.2) is 0 Å². The first-order chi connectivity index (χ1) is 10.0. The number of nitrogens with zero attached hydrogens (tertiary/aromatic N) is 1. The average Bonchev–Trinajstić information content (AvgIpc) is 2.85. The minimum absolute atomic E-state index is 0.0296. The van der Waals surface area contributed by atoms with E-state index in [2.05, 4.69) is 5.32 Å². The predicted octanol–water partition coefficient (Wildman–Crippen LogP) is 0.369. The zero-order chi connectivity index (χ0) is 15.0. The molecular weight excluding hydrogens is 270 g/mol. The maximum atomic E-state index is 12.6. The highest BCUT2D eigenvalue weighted by atomic mass is 16.5. The molecule has 1 fully saturated rings. The fraction of sp³-hybridized carbons (Fsp3) is 0.467. The van der Waals surface area contributed by atoms with E-state index in [1.54, 1.807) is 23.1 Å². The Morgan fingerprint density at radius 2 is 2.33 bits per heavy atom. The number of hydrogen-bond donors (Lipinski definition) is 2. The number of fused-ring (bicyclic) bond motifs is 1. The van der Waals surface area contributed by atoms with E-state index in [0.29, 0.717) is 31.7 Å². The number of ether oxygens (including phenoxy) is 1. The van der Waals surface area contributed by atoms with Crippen LogP contribution in [-0.2, 0) is 16.0 Å². The Kier molecular flexibility index (Phi) is 3.65. The highest BCUT2D eigenvalue weighted by molar-refractivity contribution is 6.01. The summed E-state index contributed by atoms with van der Waals surface area (Å²) in [4.78, 5) is 25.7. The quantitative estimate of drug-likeness (QED) is 0.824. The molecule has 3 rings (SSSR count). The summed E-state index contributed by atoms with van der Waals surface area (Å²) >= 11 is 0. The van der Waals surface area contributed by atoms with Gasteiger partial charge >= 0.3 is 0 Å². The second-order valence-electron chi connectivity index (χ2n) is 5.62. The fourth-order valence-corrected chi connectivity index (χ4v) is 2.72. The minimum Gasteiger partial charge on any atom is -0.373 e. The third kappa shape index (κ3) is 2.77. The van der Waals surface area contributed by atoms with Crippen LogP contribution in [0.2, 0.25) is 0 Å². The van der Waals surface area contributed by atoms with Crippen molar-refractivity contribution in [2.24, 2.45) is 5.73 Å². The number of nitrogens with one attached hydrogen (secondary N) is 1. The molecule has 21 heavy (non-hydrogen) atoms. The van der Waals surface area contributed by atoms with Crippen LogP contribution < -0.4 is 11.1 Å². The van der Waals surface area contributed by atoms with Crippen LogP contribution in [0.4, 0.5) is 5.69 Å². The summed E-state index contributed by atoms with van der Waals surface area (Å²) in [5.41, 5.74) is 8.13. The molecule has 6 heteroatoms. The number of morpholine rings is 1. The molecule has 2 heterocycles. The molecule has 2 atom stereocenters. The maximum Gasteiger partial charge on any atom is 0.254 e. The number of anilines is 1. The van der Waals surface area contributed by atoms with Crippen LogP contribution in [0, 0.1) is 0 Å². The van der Waals surface area contributed by atoms with Crippen LogP contribution >= 0.6 is 0 Å². The summed E-state index contributed by atoms with van der Waals surface area (Å²) in [5.74, 6) is -0.0657. The van der Waals surface area contributed by atoms with Crippen molar-refractivity contribution >= 4 is 17.5 Å². The van der Waals surface area contributed by atoms with Crippen molar-refractivity contribution < 1.29 is 14.3 Å². The molecule has 1 aromatic carbocycles. The lowest BCUT2D eigenvalue weighted by atomic mass is 10.1. The summed E-state index contributed by atoms with van der Waals surface area (Å²) in [6.07, 6.45) is 0.211. The average molecular weight is 289 g/mol. The van der Waals surface area contributed by atoms with Gasteiger partial charge in [0.2, 0.25) is 5.91 Å². The van der Waals surface area contributed by atoms with Crippen molar-refractivity contribution in [1.82, 2.24) is 4.90 Å². The molecule has 0 aromatic heterocycles. The highest BCUT2D eigenvalue weighted by Crippen LogP contribution is 2.24. The lowest BCUT2D eigenvalue weighted by Gasteiger charge is -2.34. The molecule has 0 spiro atoms. The third-order valence-electron chi connectivity index (χ3n) is 3.94. The Bertz CT molecular complexity index is 586. The Balaban J connectivity index is 1.76. The predicted molar refractivity (Wildman–Crippen MR) is 78.1 cm³/mol. The second kappa shape index (κ2) is 5.46. The Morgan fingerprint density at radius 1 is 1.52 bits per heavy atom. The van der Waals surface area contributed by atoms with Gasteiger partial charge in [-0.25, -0.2) is 0 Å². The summed E-state index contributed by atoms with van der Waals surface area (Å²) in [5, 5.41) is 2.76. The number of carbonyl (C=O) groups excluding carboxylic acids is 2. The van der Waals surface area contributed by atoms with Gasteiger partial charge in [0.25, 0.3) is 5.91 Å². The Hall–Kier alpha value is -1.92. The summed E-state index contributed by atoms with van der Waals surface area (Å²) in [7, 11) is 0. The molecule has 0 aliphatic carbocycles. The van der Waals surface area contributed by atoms with Crippen LogP contribution in [0.15, 0.2) is 18.2 Å². The summed E-state index contributed by atoms with van der Waals surface area (Å²) < 4.78 is 5.57. The molecule has 0 saturated carbocycles. The van der Waals surface area contributed by atoms with E-state index in [1.807, 2.05) is 6.92 Å². The SMILES string of the molecule is CC(N)C1CN(C(=O)c2ccc3c(c2)CC(=O)N3)CCO1. The van der Waals surface area contributed by atoms with Gasteiger partial charge in [-0.2, -0.15) is 0 Å². The topological polar surface area (TPSA) is 84.7 Å². The number of nitrogens with two attached hydrogens (primary N) is 1. The first-order valence-corrected chi connectivity index (χ1v) is 7.14. The minimum atomic E-state index is -0.125. The van der Waals surface area contributed by atoms with Crippen LogP contribution in [0.25, 0.3) is 0 Å². The molecule has 2 unspecified atom stereocenters. The third-order valence-corrected chi connectivity index (χ3v) is 3.94. The molecule has 1 aromatic rings. The highest BCUT2D eigenvalue weighted by Gasteiger charge is 2.28. The molecule has 6 nitrogen and oxygen atoms in total. The van der Waals surface area contributed by atoms with Crippen LogP contribution in [0.1, 0.15) is 22.8 Å². The second-order valence-corrected chi connectivity index (χ2v) is 5.62. The molecule has 1 saturated heterocycles. The van der Waals surface area contributed by atoms with E-state index < -0.39 is 0 Å². The summed E-state index contributed by atoms with van der Waals surface area (Å²) in [6.45, 7) is 3.45. The van der Waals surface area contributed by atoms with Crippen molar-refractivity contribution in [2.75, 3.05) is 25.0 Å². The van der Waals surface area contributed by atoms with Crippen molar-refractivity contribution in [2.45, 2.75) is 25.5 Å². The Labute approximate surface area is 123 Å². The van der Waals surface area contributed by atoms with Crippen molar-refractivity contribution in [3.05, 3.63) is 29.3 Å². The van der Waals surface area contributed by atoms with Crippen molar-refractivity contribution in [3.8, 4) is 0 Å². The van der Waals surface area contributed by atoms with Crippen LogP contribution in [-0.4, -0.2) is 48.6 Å². The van der Waals surface area contributed by atoms with E-state index >= 15 is 0 Å². The van der Waals surface area contributed by atoms with Crippen molar-refractivity contribution in [1.29, 1.82) is 0 Å². The van der Waals surface area contributed by atoms with Gasteiger partial charge in [0.05, 0.1) is 19.1 Å². The molecule has 2 amide bonds. The molecule has 112 valence electrons. The van der Waals surface area contributed by atoms with Gasteiger partial charge in [0, 0.05) is 30.4 Å². The molecule has 3 N–H and O–H groups in total. The fourth-order valence-electron chi connectivity index (χ4n) is 2.72. The smallest absolute Gasteiger partial charge is 0.254 e. The molecule has 2 aliphatic rings. The standard InChI is InChI=1S/C15H19N3O3/c1-9(16)13-8-18(4-5-21-13)15(20)10-2-3-12-11(6-10)7-14(19)17-12/h2-3,6,9,13H,4-5,7-8,16H2,1H3,(H,17,19). The monoisotopic (exact) mass is 289 g/mol. The van der Waals surface area contributed by atoms with Crippen LogP contribution in [0.5, 0.6) is 0 Å². The van der Waals surface area contributed by atoms with Crippen LogP contribution in [0.3, 0.4) is 0 Å². The van der Waals surface area contributed by atoms with E-state index in [-0.39, 0.29) is 24.0 Å². The first-order valence-electron chi connectivity index (χ1n) is 7.14. The Morgan fingerprint density at radius 3 is 3.10 bits per heavy atom. The van der Waals surface area contributed by atoms with E-state index in [1.165, 1.54) is 0 Å². The molecule has 2 aliphatic heterocycles. The van der Waals surface area contributed by atoms with Gasteiger partial charge in [-0.1, -0.05) is 0 Å². The largest absolute Gasteiger partial charge is 0.373 e. The normalized spacial score (nSPS) is 22.7. The number of rotatable bonds is 2. The first kappa shape index (κ1) is 14.0. The number of benzene rings is 1. The number of amides is 2. The van der Waals surface area contributed by atoms with Gasteiger partial charge in [-0.05, 0) is 30.7 Å². The molecule has 0 radical (unpaired) electrons. The lowest BCUT2D eigenvalue weighted by Crippen LogP contribution is -2.51. The van der Waals surface area contributed by atoms with Gasteiger partial charge in [-0.15, -0.1) is 0 Å². The van der Waals surface area contributed by atoms with Crippen molar-refractivity contribution in [3.63, 3.8) is 0 Å². The zero-order valence-corrected chi connectivity index (χ0v) is 12.0. The van der Waals surface area contributed by atoms with E-state index in [0.717, 1.165) is 11.3 Å². The van der Waals surface area contributed by atoms with Gasteiger partial charge < -0.3 is 20.7 Å². The van der Waals surface area contributed by atoms with Gasteiger partial charge in [-0.3, -0.25) is 9.59 Å². The van der Waals surface area contributed by atoms with Gasteiger partial charge in [0.1, 0.15) is 0 Å². The van der Waals surface area contributed by atoms with E-state index in [4.69, 9.17) is 10.5 Å². The maximum absolute atomic E-state index is 12.6. The molecular formula is C15H19N3O3. The molecule has 0 bridgehead atoms. The summed E-state index contributed by atoms with van der Waals surface area (Å²) in [6, 6.07) is 5.23. The lowest BCUT2D eigenvalue weighted by molar-refractivity contribution is -0.115. The number of carbonyl (C=O) groups is 2. The zero-order valence-electron chi connectivity index (χ0n) is 12.0. The number of hydrogen-bond acceptors (Lipinski definition) is 4. The van der Waals surface area contributed by atoms with E-state index in [9.17, 15) is 9.59 Å².